The number of aromatic hydroxyl groups is 1. The van der Waals surface area contributed by atoms with E-state index in [1.165, 1.54) is 12.1 Å². The van der Waals surface area contributed by atoms with Gasteiger partial charge < -0.3 is 29.3 Å². The van der Waals surface area contributed by atoms with E-state index in [1.54, 1.807) is 17.2 Å². The summed E-state index contributed by atoms with van der Waals surface area (Å²) in [5, 5.41) is 19.8. The molecule has 3 rings (SSSR count). The van der Waals surface area contributed by atoms with Crippen molar-refractivity contribution in [1.82, 2.24) is 4.90 Å². The van der Waals surface area contributed by atoms with Crippen molar-refractivity contribution in [1.29, 1.82) is 0 Å². The number of phenolic OH excluding ortho intramolecular Hbond substituents is 1. The molecule has 8 heteroatoms. The third-order valence-corrected chi connectivity index (χ3v) is 6.16. The van der Waals surface area contributed by atoms with Gasteiger partial charge in [-0.2, -0.15) is 0 Å². The Morgan fingerprint density at radius 3 is 2.51 bits per heavy atom. The fourth-order valence-corrected chi connectivity index (χ4v) is 4.24. The highest BCUT2D eigenvalue weighted by Crippen LogP contribution is 2.38. The molecule has 0 fully saturated rings. The molecule has 0 spiro atoms. The van der Waals surface area contributed by atoms with Gasteiger partial charge in [0.1, 0.15) is 23.0 Å². The van der Waals surface area contributed by atoms with Crippen LogP contribution in [0.3, 0.4) is 0 Å². The minimum Gasteiger partial charge on any atom is -0.507 e. The van der Waals surface area contributed by atoms with Gasteiger partial charge in [0.05, 0.1) is 18.8 Å². The number of carboxylic acids is 1. The van der Waals surface area contributed by atoms with E-state index in [9.17, 15) is 19.8 Å². The molecule has 0 bridgehead atoms. The van der Waals surface area contributed by atoms with Crippen LogP contribution in [-0.2, 0) is 24.1 Å². The van der Waals surface area contributed by atoms with Gasteiger partial charge in [-0.25, -0.2) is 4.79 Å². The summed E-state index contributed by atoms with van der Waals surface area (Å²) in [4.78, 5) is 25.6. The van der Waals surface area contributed by atoms with Gasteiger partial charge in [-0.05, 0) is 48.9 Å². The van der Waals surface area contributed by atoms with Crippen LogP contribution in [-0.4, -0.2) is 60.3 Å². The van der Waals surface area contributed by atoms with E-state index in [2.05, 4.69) is 6.92 Å². The smallest absolute Gasteiger partial charge is 0.344 e. The number of aliphatic carboxylic acids is 1. The lowest BCUT2D eigenvalue weighted by atomic mass is 9.96. The number of nitrogens with zero attached hydrogens (tertiary/aromatic N) is 1. The molecule has 0 aromatic heterocycles. The van der Waals surface area contributed by atoms with E-state index in [1.807, 2.05) is 33.2 Å². The first-order valence-electron chi connectivity index (χ1n) is 12.8. The summed E-state index contributed by atoms with van der Waals surface area (Å²) in [5.41, 5.74) is 3.01. The highest BCUT2D eigenvalue weighted by atomic mass is 16.5. The SMILES string of the molecule is CCCc1c(OCCCOc2cc(O)c(C(=O)/C=C/N(C)C)cc2CC)ccc2c1OC(C(=O)O)CC2. The molecule has 0 saturated carbocycles. The molecule has 0 radical (unpaired) electrons. The zero-order valence-corrected chi connectivity index (χ0v) is 22.1. The highest BCUT2D eigenvalue weighted by Gasteiger charge is 2.28. The number of aryl methyl sites for hydroxylation is 2. The Kier molecular flexibility index (Phi) is 9.83. The summed E-state index contributed by atoms with van der Waals surface area (Å²) >= 11 is 0. The van der Waals surface area contributed by atoms with Crippen LogP contribution in [0.5, 0.6) is 23.0 Å². The number of hydrogen-bond donors (Lipinski definition) is 2. The van der Waals surface area contributed by atoms with Gasteiger partial charge in [0.2, 0.25) is 0 Å². The molecular weight excluding hydrogens is 474 g/mol. The molecule has 0 aliphatic carbocycles. The van der Waals surface area contributed by atoms with Crippen molar-refractivity contribution in [2.45, 2.75) is 58.5 Å². The second-order valence-electron chi connectivity index (χ2n) is 9.29. The van der Waals surface area contributed by atoms with Crippen molar-refractivity contribution in [3.8, 4) is 23.0 Å². The summed E-state index contributed by atoms with van der Waals surface area (Å²) in [5.74, 6) is 0.556. The molecule has 0 saturated heterocycles. The monoisotopic (exact) mass is 511 g/mol. The lowest BCUT2D eigenvalue weighted by Gasteiger charge is -2.26. The molecule has 8 nitrogen and oxygen atoms in total. The van der Waals surface area contributed by atoms with Crippen molar-refractivity contribution in [3.05, 3.63) is 58.8 Å². The molecule has 1 aliphatic heterocycles. The minimum absolute atomic E-state index is 0.116. The van der Waals surface area contributed by atoms with Gasteiger partial charge in [-0.1, -0.05) is 26.3 Å². The average Bonchev–Trinajstić information content (AvgIpc) is 2.87. The quantitative estimate of drug-likeness (QED) is 0.225. The van der Waals surface area contributed by atoms with Crippen LogP contribution in [0.15, 0.2) is 36.5 Å². The predicted octanol–water partition coefficient (Wildman–Crippen LogP) is 4.79. The van der Waals surface area contributed by atoms with Gasteiger partial charge in [0.15, 0.2) is 11.9 Å². The summed E-state index contributed by atoms with van der Waals surface area (Å²) in [6.45, 7) is 4.80. The lowest BCUT2D eigenvalue weighted by Crippen LogP contribution is -2.31. The molecule has 1 unspecified atom stereocenters. The van der Waals surface area contributed by atoms with Crippen molar-refractivity contribution >= 4 is 11.8 Å². The highest BCUT2D eigenvalue weighted by molar-refractivity contribution is 6.06. The average molecular weight is 512 g/mol. The van der Waals surface area contributed by atoms with Crippen LogP contribution in [0.2, 0.25) is 0 Å². The van der Waals surface area contributed by atoms with E-state index in [-0.39, 0.29) is 17.1 Å². The zero-order valence-electron chi connectivity index (χ0n) is 22.1. The van der Waals surface area contributed by atoms with Crippen LogP contribution in [0.25, 0.3) is 0 Å². The maximum absolute atomic E-state index is 12.4. The third kappa shape index (κ3) is 7.18. The summed E-state index contributed by atoms with van der Waals surface area (Å²) in [6, 6.07) is 7.06. The Bertz CT molecular complexity index is 1140. The van der Waals surface area contributed by atoms with E-state index < -0.39 is 12.1 Å². The predicted molar refractivity (Wildman–Crippen MR) is 141 cm³/mol. The molecule has 1 atom stereocenters. The number of allylic oxidation sites excluding steroid dienone is 1. The number of carbonyl (C=O) groups excluding carboxylic acids is 1. The van der Waals surface area contributed by atoms with Crippen LogP contribution >= 0.6 is 0 Å². The minimum atomic E-state index is -0.948. The summed E-state index contributed by atoms with van der Waals surface area (Å²) in [7, 11) is 3.64. The van der Waals surface area contributed by atoms with Gasteiger partial charge in [0.25, 0.3) is 0 Å². The van der Waals surface area contributed by atoms with Crippen LogP contribution in [0, 0.1) is 0 Å². The molecule has 1 heterocycles. The molecule has 200 valence electrons. The number of carbonyl (C=O) groups is 2. The fraction of sp³-hybridized carbons (Fsp3) is 0.448. The van der Waals surface area contributed by atoms with Crippen LogP contribution < -0.4 is 14.2 Å². The first kappa shape index (κ1) is 27.9. The Morgan fingerprint density at radius 2 is 1.86 bits per heavy atom. The number of hydrogen-bond acceptors (Lipinski definition) is 7. The Hall–Kier alpha value is -3.68. The van der Waals surface area contributed by atoms with Gasteiger partial charge in [-0.3, -0.25) is 4.79 Å². The van der Waals surface area contributed by atoms with Gasteiger partial charge in [0, 0.05) is 44.4 Å². The zero-order chi connectivity index (χ0) is 26.9. The first-order valence-corrected chi connectivity index (χ1v) is 12.8. The molecule has 2 aromatic carbocycles. The molecule has 2 N–H and O–H groups in total. The molecule has 0 amide bonds. The van der Waals surface area contributed by atoms with E-state index in [0.717, 1.165) is 29.5 Å². The molecular formula is C29H37NO7. The van der Waals surface area contributed by atoms with Crippen LogP contribution in [0.4, 0.5) is 0 Å². The maximum atomic E-state index is 12.4. The largest absolute Gasteiger partial charge is 0.507 e. The number of ether oxygens (including phenoxy) is 3. The number of phenols is 1. The molecule has 37 heavy (non-hydrogen) atoms. The Balaban J connectivity index is 1.62. The first-order chi connectivity index (χ1) is 17.7. The standard InChI is InChI=1S/C29H37NO7/c1-5-8-21-25(11-9-20-10-12-26(29(33)34)37-28(20)21)35-15-7-16-36-27-18-24(32)22(17-19(27)6-2)23(31)13-14-30(3)4/h9,11,13-14,17-18,26,32H,5-8,10,12,15-16H2,1-4H3,(H,33,34)/b14-13+. The Labute approximate surface area is 218 Å². The second-order valence-corrected chi connectivity index (χ2v) is 9.29. The van der Waals surface area contributed by atoms with E-state index in [4.69, 9.17) is 14.2 Å². The van der Waals surface area contributed by atoms with Crippen LogP contribution in [0.1, 0.15) is 60.2 Å². The number of rotatable bonds is 13. The number of fused-ring (bicyclic) bond motifs is 1. The molecule has 1 aliphatic rings. The van der Waals surface area contributed by atoms with Crippen molar-refractivity contribution in [3.63, 3.8) is 0 Å². The summed E-state index contributed by atoms with van der Waals surface area (Å²) in [6.07, 6.45) is 6.22. The van der Waals surface area contributed by atoms with Gasteiger partial charge in [-0.15, -0.1) is 0 Å². The van der Waals surface area contributed by atoms with Crippen molar-refractivity contribution in [2.75, 3.05) is 27.3 Å². The Morgan fingerprint density at radius 1 is 1.14 bits per heavy atom. The summed E-state index contributed by atoms with van der Waals surface area (Å²) < 4.78 is 17.8. The second kappa shape index (κ2) is 13.0. The van der Waals surface area contributed by atoms with Gasteiger partial charge >= 0.3 is 5.97 Å². The van der Waals surface area contributed by atoms with E-state index in [0.29, 0.717) is 56.1 Å². The molecule has 2 aromatic rings. The number of carboxylic acid groups (broad SMARTS) is 1. The normalized spacial score (nSPS) is 14.6. The fourth-order valence-electron chi connectivity index (χ4n) is 4.24. The number of benzene rings is 2. The third-order valence-electron chi connectivity index (χ3n) is 6.16. The van der Waals surface area contributed by atoms with E-state index >= 15 is 0 Å². The number of ketones is 1. The van der Waals surface area contributed by atoms with Crippen molar-refractivity contribution < 1.29 is 34.0 Å². The lowest BCUT2D eigenvalue weighted by molar-refractivity contribution is -0.145. The topological polar surface area (TPSA) is 106 Å². The van der Waals surface area contributed by atoms with Crippen molar-refractivity contribution in [2.24, 2.45) is 0 Å². The maximum Gasteiger partial charge on any atom is 0.344 e.